The Kier molecular flexibility index (Phi) is 5.68. The molecule has 2 N–H and O–H groups in total. The molecule has 0 aliphatic heterocycles. The predicted octanol–water partition coefficient (Wildman–Crippen LogP) is 5.73. The van der Waals surface area contributed by atoms with Crippen LogP contribution in [0.1, 0.15) is 26.3 Å². The first-order valence-electron chi connectivity index (χ1n) is 9.36. The average molecular weight is 456 g/mol. The molecule has 0 radical (unpaired) electrons. The first kappa shape index (κ1) is 20.6. The molecule has 4 aromatic rings. The molecule has 0 saturated heterocycles. The summed E-state index contributed by atoms with van der Waals surface area (Å²) in [6, 6.07) is 12.3. The lowest BCUT2D eigenvalue weighted by molar-refractivity contribution is -0.116. The monoisotopic (exact) mass is 455 g/mol. The van der Waals surface area contributed by atoms with Crippen molar-refractivity contribution in [2.45, 2.75) is 32.7 Å². The molecule has 9 heteroatoms. The Labute approximate surface area is 187 Å². The zero-order chi connectivity index (χ0) is 21.3. The Morgan fingerprint density at radius 2 is 1.97 bits per heavy atom. The van der Waals surface area contributed by atoms with Crippen LogP contribution in [0, 0.1) is 4.77 Å². The molecule has 3 heterocycles. The lowest BCUT2D eigenvalue weighted by Crippen LogP contribution is -2.19. The molecule has 3 aromatic heterocycles. The number of hydrogen-bond donors (Lipinski definition) is 2. The lowest BCUT2D eigenvalue weighted by atomic mass is 9.86. The van der Waals surface area contributed by atoms with Crippen LogP contribution in [0.3, 0.4) is 0 Å². The summed E-state index contributed by atoms with van der Waals surface area (Å²) in [7, 11) is 0. The third-order valence-electron chi connectivity index (χ3n) is 4.60. The fourth-order valence-corrected chi connectivity index (χ4v) is 4.62. The summed E-state index contributed by atoms with van der Waals surface area (Å²) in [6.07, 6.45) is 0. The van der Waals surface area contributed by atoms with Crippen molar-refractivity contribution in [3.05, 3.63) is 57.5 Å². The summed E-state index contributed by atoms with van der Waals surface area (Å²) in [5.41, 5.74) is 3.25. The summed E-state index contributed by atoms with van der Waals surface area (Å²) in [6.45, 7) is 6.63. The molecule has 1 aromatic carbocycles. The number of nitrogens with zero attached hydrogens (tertiary/aromatic N) is 3. The summed E-state index contributed by atoms with van der Waals surface area (Å²) < 4.78 is 2.10. The fourth-order valence-electron chi connectivity index (χ4n) is 2.97. The maximum atomic E-state index is 12.6. The maximum Gasteiger partial charge on any atom is 0.246 e. The van der Waals surface area contributed by atoms with Gasteiger partial charge in [-0.3, -0.25) is 14.5 Å². The zero-order valence-corrected chi connectivity index (χ0v) is 19.3. The highest BCUT2D eigenvalue weighted by molar-refractivity contribution is 7.71. The van der Waals surface area contributed by atoms with E-state index in [0.29, 0.717) is 15.7 Å². The molecule has 0 fully saturated rings. The highest BCUT2D eigenvalue weighted by Gasteiger charge is 2.16. The first-order chi connectivity index (χ1) is 14.3. The quantitative estimate of drug-likeness (QED) is 0.377. The van der Waals surface area contributed by atoms with Gasteiger partial charge in [-0.25, -0.2) is 4.98 Å². The van der Waals surface area contributed by atoms with E-state index in [4.69, 9.17) is 12.2 Å². The van der Waals surface area contributed by atoms with E-state index in [1.165, 1.54) is 16.9 Å². The number of rotatable bonds is 5. The summed E-state index contributed by atoms with van der Waals surface area (Å²) in [4.78, 5) is 18.1. The highest BCUT2D eigenvalue weighted by atomic mass is 32.1. The van der Waals surface area contributed by atoms with Gasteiger partial charge in [0.2, 0.25) is 5.91 Å². The Morgan fingerprint density at radius 3 is 2.63 bits per heavy atom. The van der Waals surface area contributed by atoms with Gasteiger partial charge in [0.25, 0.3) is 0 Å². The number of thiazole rings is 1. The topological polar surface area (TPSA) is 75.6 Å². The normalized spacial score (nSPS) is 11.6. The number of amides is 1. The Bertz CT molecular complexity index is 1210. The van der Waals surface area contributed by atoms with Gasteiger partial charge >= 0.3 is 0 Å². The number of aromatic nitrogens is 4. The smallest absolute Gasteiger partial charge is 0.246 e. The van der Waals surface area contributed by atoms with E-state index in [0.717, 1.165) is 16.1 Å². The van der Waals surface area contributed by atoms with Crippen LogP contribution in [0.4, 0.5) is 5.13 Å². The second-order valence-corrected chi connectivity index (χ2v) is 10.0. The molecular weight excluding hydrogens is 434 g/mol. The number of aromatic amines is 1. The summed E-state index contributed by atoms with van der Waals surface area (Å²) in [5, 5.41) is 14.3. The van der Waals surface area contributed by atoms with Crippen molar-refractivity contribution in [3.63, 3.8) is 0 Å². The molecule has 4 rings (SSSR count). The zero-order valence-electron chi connectivity index (χ0n) is 16.8. The predicted molar refractivity (Wildman–Crippen MR) is 126 cm³/mol. The minimum atomic E-state index is -0.200. The standard InChI is InChI=1S/C21H21N5OS3/c1-21(2,3)14-8-6-13(7-9-14)15-12-30-19(22-15)23-17(27)11-26-18(24-25-20(26)28)16-5-4-10-29-16/h4-10,12H,11H2,1-3H3,(H,25,28)(H,22,23,27). The average Bonchev–Trinajstić information content (AvgIpc) is 3.44. The van der Waals surface area contributed by atoms with Crippen LogP contribution in [-0.4, -0.2) is 25.7 Å². The second kappa shape index (κ2) is 8.25. The first-order valence-corrected chi connectivity index (χ1v) is 11.5. The number of carbonyl (C=O) groups is 1. The summed E-state index contributed by atoms with van der Waals surface area (Å²) >= 11 is 8.24. The van der Waals surface area contributed by atoms with Crippen molar-refractivity contribution in [3.8, 4) is 22.0 Å². The van der Waals surface area contributed by atoms with Crippen molar-refractivity contribution in [2.24, 2.45) is 0 Å². The van der Waals surface area contributed by atoms with Crippen LogP contribution in [0.25, 0.3) is 22.0 Å². The van der Waals surface area contributed by atoms with Gasteiger partial charge in [0.1, 0.15) is 6.54 Å². The van der Waals surface area contributed by atoms with E-state index in [1.54, 1.807) is 15.9 Å². The molecule has 0 saturated carbocycles. The van der Waals surface area contributed by atoms with E-state index >= 15 is 0 Å². The van der Waals surface area contributed by atoms with Crippen molar-refractivity contribution in [1.29, 1.82) is 0 Å². The number of thiophene rings is 1. The molecule has 0 spiro atoms. The van der Waals surface area contributed by atoms with Gasteiger partial charge < -0.3 is 5.32 Å². The van der Waals surface area contributed by atoms with E-state index in [9.17, 15) is 4.79 Å². The largest absolute Gasteiger partial charge is 0.300 e. The van der Waals surface area contributed by atoms with Gasteiger partial charge in [-0.15, -0.1) is 22.7 Å². The SMILES string of the molecule is CC(C)(C)c1ccc(-c2csc(NC(=O)Cn3c(-c4cccs4)n[nH]c3=S)n2)cc1. The molecule has 0 bridgehead atoms. The number of H-pyrrole nitrogens is 1. The van der Waals surface area contributed by atoms with Crippen LogP contribution in [-0.2, 0) is 16.8 Å². The van der Waals surface area contributed by atoms with Gasteiger partial charge in [-0.1, -0.05) is 51.1 Å². The van der Waals surface area contributed by atoms with Crippen LogP contribution >= 0.6 is 34.9 Å². The minimum absolute atomic E-state index is 0.0672. The molecule has 0 atom stereocenters. The van der Waals surface area contributed by atoms with Gasteiger partial charge in [0.15, 0.2) is 15.7 Å². The van der Waals surface area contributed by atoms with Crippen molar-refractivity contribution in [1.82, 2.24) is 19.7 Å². The van der Waals surface area contributed by atoms with Gasteiger partial charge in [0, 0.05) is 10.9 Å². The molecule has 30 heavy (non-hydrogen) atoms. The van der Waals surface area contributed by atoms with Crippen LogP contribution in [0.15, 0.2) is 47.2 Å². The highest BCUT2D eigenvalue weighted by Crippen LogP contribution is 2.28. The van der Waals surface area contributed by atoms with Crippen molar-refractivity contribution < 1.29 is 4.79 Å². The Balaban J connectivity index is 1.47. The number of benzene rings is 1. The maximum absolute atomic E-state index is 12.6. The molecule has 154 valence electrons. The molecule has 1 amide bonds. The van der Waals surface area contributed by atoms with Crippen LogP contribution in [0.2, 0.25) is 0 Å². The van der Waals surface area contributed by atoms with Gasteiger partial charge in [-0.05, 0) is 34.6 Å². The molecule has 0 aliphatic rings. The number of nitrogens with one attached hydrogen (secondary N) is 2. The number of anilines is 1. The van der Waals surface area contributed by atoms with Crippen molar-refractivity contribution >= 4 is 45.9 Å². The second-order valence-electron chi connectivity index (χ2n) is 7.83. The number of carbonyl (C=O) groups excluding carboxylic acids is 1. The van der Waals surface area contributed by atoms with Gasteiger partial charge in [-0.2, -0.15) is 5.10 Å². The lowest BCUT2D eigenvalue weighted by Gasteiger charge is -2.18. The Hall–Kier alpha value is -2.62. The summed E-state index contributed by atoms with van der Waals surface area (Å²) in [5.74, 6) is 0.457. The van der Waals surface area contributed by atoms with Crippen LogP contribution in [0.5, 0.6) is 0 Å². The van der Waals surface area contributed by atoms with E-state index in [2.05, 4.69) is 65.5 Å². The third-order valence-corrected chi connectivity index (χ3v) is 6.53. The molecule has 0 aliphatic carbocycles. The fraction of sp³-hybridized carbons (Fsp3) is 0.238. The van der Waals surface area contributed by atoms with Crippen molar-refractivity contribution in [2.75, 3.05) is 5.32 Å². The van der Waals surface area contributed by atoms with Gasteiger partial charge in [0.05, 0.1) is 10.6 Å². The molecule has 0 unspecified atom stereocenters. The number of hydrogen-bond acceptors (Lipinski definition) is 6. The third kappa shape index (κ3) is 4.43. The molecule has 6 nitrogen and oxygen atoms in total. The van der Waals surface area contributed by atoms with E-state index in [-0.39, 0.29) is 17.9 Å². The molecular formula is C21H21N5OS3. The minimum Gasteiger partial charge on any atom is -0.300 e. The Morgan fingerprint density at radius 1 is 1.20 bits per heavy atom. The van der Waals surface area contributed by atoms with E-state index in [1.807, 2.05) is 22.9 Å². The van der Waals surface area contributed by atoms with Crippen LogP contribution < -0.4 is 5.32 Å². The van der Waals surface area contributed by atoms with E-state index < -0.39 is 0 Å².